The highest BCUT2D eigenvalue weighted by Gasteiger charge is 2.53. The van der Waals surface area contributed by atoms with E-state index in [1.54, 1.807) is 0 Å². The van der Waals surface area contributed by atoms with Gasteiger partial charge in [0.1, 0.15) is 0 Å². The van der Waals surface area contributed by atoms with Crippen LogP contribution in [0.25, 0.3) is 6.08 Å². The summed E-state index contributed by atoms with van der Waals surface area (Å²) in [6, 6.07) is 9.20. The van der Waals surface area contributed by atoms with E-state index in [1.807, 2.05) is 31.9 Å². The molecule has 0 N–H and O–H groups in total. The van der Waals surface area contributed by atoms with Crippen LogP contribution in [0.2, 0.25) is 0 Å². The lowest BCUT2D eigenvalue weighted by atomic mass is 9.91. The zero-order chi connectivity index (χ0) is 16.6. The van der Waals surface area contributed by atoms with Gasteiger partial charge in [-0.1, -0.05) is 49.8 Å². The third-order valence-electron chi connectivity index (χ3n) is 5.55. The quantitative estimate of drug-likeness (QED) is 0.777. The van der Waals surface area contributed by atoms with E-state index in [9.17, 15) is 4.57 Å². The molecule has 2 atom stereocenters. The molecule has 2 fully saturated rings. The molecule has 0 spiro atoms. The molecular weight excluding hydrogens is 305 g/mol. The zero-order valence-electron chi connectivity index (χ0n) is 14.5. The molecule has 1 aliphatic carbocycles. The molecule has 1 saturated heterocycles. The molecule has 1 aliphatic heterocycles. The minimum atomic E-state index is -2.65. The largest absolute Gasteiger partial charge is 0.287 e. The van der Waals surface area contributed by atoms with Crippen LogP contribution in [0.4, 0.5) is 0 Å². The minimum absolute atomic E-state index is 0.435. The predicted molar refractivity (Wildman–Crippen MR) is 97.2 cm³/mol. The highest BCUT2D eigenvalue weighted by molar-refractivity contribution is 7.56. The van der Waals surface area contributed by atoms with Crippen LogP contribution in [0.1, 0.15) is 36.8 Å². The van der Waals surface area contributed by atoms with Crippen molar-refractivity contribution in [3.05, 3.63) is 42.0 Å². The number of benzene rings is 1. The summed E-state index contributed by atoms with van der Waals surface area (Å²) in [6.45, 7) is 4.49. The molecule has 2 aliphatic rings. The van der Waals surface area contributed by atoms with Crippen LogP contribution >= 0.6 is 7.59 Å². The first kappa shape index (κ1) is 16.9. The number of hydrogen-bond acceptors (Lipinski definition) is 1. The van der Waals surface area contributed by atoms with E-state index in [2.05, 4.69) is 40.2 Å². The van der Waals surface area contributed by atoms with Crippen LogP contribution in [0.3, 0.4) is 0 Å². The maximum absolute atomic E-state index is 13.8. The van der Waals surface area contributed by atoms with Crippen molar-refractivity contribution in [2.24, 2.45) is 0 Å². The fourth-order valence-corrected chi connectivity index (χ4v) is 7.24. The van der Waals surface area contributed by atoms with Gasteiger partial charge in [0.25, 0.3) is 7.59 Å². The number of nitrogens with zero attached hydrogens (tertiary/aromatic N) is 3. The molecule has 1 saturated carbocycles. The second-order valence-electron chi connectivity index (χ2n) is 6.84. The highest BCUT2D eigenvalue weighted by atomic mass is 31.2. The molecule has 0 bridgehead atoms. The SMILES string of the molecule is C=Cc1ccc(CN(C)P2(=O)N(C)[C@@H]3CCCC[C@H]3N2C)cc1. The van der Waals surface area contributed by atoms with Crippen molar-refractivity contribution in [3.63, 3.8) is 0 Å². The topological polar surface area (TPSA) is 26.8 Å². The van der Waals surface area contributed by atoms with E-state index in [-0.39, 0.29) is 0 Å². The molecule has 0 aromatic heterocycles. The molecule has 0 unspecified atom stereocenters. The average molecular weight is 333 g/mol. The Bertz CT molecular complexity index is 593. The summed E-state index contributed by atoms with van der Waals surface area (Å²) < 4.78 is 20.2. The number of hydrogen-bond donors (Lipinski definition) is 0. The first-order chi connectivity index (χ1) is 11.0. The monoisotopic (exact) mass is 333 g/mol. The summed E-state index contributed by atoms with van der Waals surface area (Å²) in [4.78, 5) is 0. The van der Waals surface area contributed by atoms with Crippen LogP contribution in [-0.2, 0) is 11.1 Å². The first-order valence-corrected chi connectivity index (χ1v) is 10.0. The molecular formula is C18H28N3OP. The van der Waals surface area contributed by atoms with E-state index in [0.29, 0.717) is 18.6 Å². The van der Waals surface area contributed by atoms with Gasteiger partial charge in [-0.15, -0.1) is 0 Å². The van der Waals surface area contributed by atoms with Gasteiger partial charge in [0.05, 0.1) is 0 Å². The van der Waals surface area contributed by atoms with Gasteiger partial charge in [0, 0.05) is 18.6 Å². The molecule has 0 amide bonds. The van der Waals surface area contributed by atoms with Crippen molar-refractivity contribution in [3.8, 4) is 0 Å². The summed E-state index contributed by atoms with van der Waals surface area (Å²) >= 11 is 0. The summed E-state index contributed by atoms with van der Waals surface area (Å²) in [6.07, 6.45) is 6.69. The molecule has 0 radical (unpaired) electrons. The third kappa shape index (κ3) is 2.83. The van der Waals surface area contributed by atoms with Crippen molar-refractivity contribution < 1.29 is 4.57 Å². The van der Waals surface area contributed by atoms with Gasteiger partial charge in [0.15, 0.2) is 0 Å². The van der Waals surface area contributed by atoms with Gasteiger partial charge in [-0.05, 0) is 45.1 Å². The molecule has 1 aromatic rings. The predicted octanol–water partition coefficient (Wildman–Crippen LogP) is 4.06. The van der Waals surface area contributed by atoms with Crippen molar-refractivity contribution in [1.29, 1.82) is 0 Å². The molecule has 1 heterocycles. The van der Waals surface area contributed by atoms with Crippen molar-refractivity contribution in [2.75, 3.05) is 21.1 Å². The van der Waals surface area contributed by atoms with E-state index in [4.69, 9.17) is 0 Å². The van der Waals surface area contributed by atoms with E-state index in [1.165, 1.54) is 18.4 Å². The van der Waals surface area contributed by atoms with Gasteiger partial charge < -0.3 is 0 Å². The van der Waals surface area contributed by atoms with Crippen molar-refractivity contribution in [1.82, 2.24) is 14.0 Å². The van der Waals surface area contributed by atoms with Crippen LogP contribution in [0.5, 0.6) is 0 Å². The highest BCUT2D eigenvalue weighted by Crippen LogP contribution is 2.63. The maximum Gasteiger partial charge on any atom is 0.287 e. The standard InChI is InChI=1S/C18H28N3OP/c1-5-15-10-12-16(13-11-15)14-19(2)23(22)20(3)17-8-6-7-9-18(17)21(23)4/h5,10-13,17-18H,1,6-9,14H2,2-4H3/t17-,18-/m1/s1. The lowest BCUT2D eigenvalue weighted by molar-refractivity contribution is 0.233. The molecule has 23 heavy (non-hydrogen) atoms. The van der Waals surface area contributed by atoms with Gasteiger partial charge in [-0.25, -0.2) is 14.0 Å². The lowest BCUT2D eigenvalue weighted by Crippen LogP contribution is -2.37. The fourth-order valence-electron chi connectivity index (χ4n) is 4.17. The second kappa shape index (κ2) is 6.52. The third-order valence-corrected chi connectivity index (χ3v) is 8.82. The van der Waals surface area contributed by atoms with Gasteiger partial charge in [-0.2, -0.15) is 0 Å². The lowest BCUT2D eigenvalue weighted by Gasteiger charge is -2.34. The van der Waals surface area contributed by atoms with Gasteiger partial charge in [0.2, 0.25) is 0 Å². The van der Waals surface area contributed by atoms with Crippen LogP contribution in [0.15, 0.2) is 30.8 Å². The van der Waals surface area contributed by atoms with Gasteiger partial charge in [-0.3, -0.25) is 4.57 Å². The Morgan fingerprint density at radius 2 is 1.70 bits per heavy atom. The zero-order valence-corrected chi connectivity index (χ0v) is 15.4. The summed E-state index contributed by atoms with van der Waals surface area (Å²) in [7, 11) is 3.43. The van der Waals surface area contributed by atoms with Crippen LogP contribution < -0.4 is 0 Å². The maximum atomic E-state index is 13.8. The Hall–Kier alpha value is -0.930. The molecule has 3 rings (SSSR count). The smallest absolute Gasteiger partial charge is 0.270 e. The summed E-state index contributed by atoms with van der Waals surface area (Å²) in [5.41, 5.74) is 2.30. The van der Waals surface area contributed by atoms with E-state index >= 15 is 0 Å². The molecule has 5 heteroatoms. The molecule has 1 aromatic carbocycles. The Balaban J connectivity index is 1.80. The molecule has 126 valence electrons. The number of rotatable bonds is 4. The van der Waals surface area contributed by atoms with Crippen LogP contribution in [0, 0.1) is 0 Å². The Kier molecular flexibility index (Phi) is 4.80. The normalized spacial score (nSPS) is 28.0. The average Bonchev–Trinajstić information content (AvgIpc) is 2.78. The van der Waals surface area contributed by atoms with E-state index < -0.39 is 7.59 Å². The van der Waals surface area contributed by atoms with Crippen molar-refractivity contribution >= 4 is 13.7 Å². The first-order valence-electron chi connectivity index (χ1n) is 8.48. The van der Waals surface area contributed by atoms with E-state index in [0.717, 1.165) is 18.4 Å². The fraction of sp³-hybridized carbons (Fsp3) is 0.556. The Morgan fingerprint density at radius 3 is 2.17 bits per heavy atom. The number of fused-ring (bicyclic) bond motifs is 1. The summed E-state index contributed by atoms with van der Waals surface area (Å²) in [5, 5.41) is 0. The number of likely N-dealkylation sites (N-methyl/N-ethyl adjacent to an activating group) is 2. The van der Waals surface area contributed by atoms with Crippen LogP contribution in [-0.4, -0.2) is 47.2 Å². The minimum Gasteiger partial charge on any atom is -0.270 e. The Labute approximate surface area is 140 Å². The second-order valence-corrected chi connectivity index (χ2v) is 9.81. The summed E-state index contributed by atoms with van der Waals surface area (Å²) in [5.74, 6) is 0. The molecule has 4 nitrogen and oxygen atoms in total. The van der Waals surface area contributed by atoms with Crippen molar-refractivity contribution in [2.45, 2.75) is 44.3 Å². The Morgan fingerprint density at radius 1 is 1.17 bits per heavy atom. The van der Waals surface area contributed by atoms with Gasteiger partial charge >= 0.3 is 0 Å².